The van der Waals surface area contributed by atoms with Gasteiger partial charge in [-0.1, -0.05) is 12.1 Å². The van der Waals surface area contributed by atoms with Crippen LogP contribution in [-0.2, 0) is 4.74 Å². The van der Waals surface area contributed by atoms with Gasteiger partial charge in [-0.2, -0.15) is 5.26 Å². The average Bonchev–Trinajstić information content (AvgIpc) is 3.35. The number of rotatable bonds is 7. The predicted molar refractivity (Wildman–Crippen MR) is 133 cm³/mol. The Hall–Kier alpha value is -4.33. The van der Waals surface area contributed by atoms with E-state index in [2.05, 4.69) is 26.3 Å². The van der Waals surface area contributed by atoms with Gasteiger partial charge in [0, 0.05) is 18.4 Å². The SMILES string of the molecule is Cc1cc(Oc2ccccc2F)cnc1C(=O)c1c[nH]c2ncc(C#N)c(N[C@@H]3CC[C@@H](CO)OC3)c12. The fraction of sp³-hybridized carbons (Fsp3) is 0.259. The number of aliphatic hydroxyl groups is 1. The van der Waals surface area contributed by atoms with E-state index in [-0.39, 0.29) is 36.0 Å². The number of benzene rings is 1. The Balaban J connectivity index is 1.47. The zero-order chi connectivity index (χ0) is 25.9. The molecule has 37 heavy (non-hydrogen) atoms. The van der Waals surface area contributed by atoms with E-state index in [9.17, 15) is 19.6 Å². The van der Waals surface area contributed by atoms with E-state index in [4.69, 9.17) is 9.47 Å². The Bertz CT molecular complexity index is 1500. The van der Waals surface area contributed by atoms with Crippen LogP contribution < -0.4 is 10.1 Å². The summed E-state index contributed by atoms with van der Waals surface area (Å²) >= 11 is 0. The fourth-order valence-electron chi connectivity index (χ4n) is 4.40. The van der Waals surface area contributed by atoms with Crippen LogP contribution in [0.2, 0.25) is 0 Å². The number of nitrogens with one attached hydrogen (secondary N) is 2. The lowest BCUT2D eigenvalue weighted by atomic mass is 10.0. The Morgan fingerprint density at radius 3 is 2.86 bits per heavy atom. The summed E-state index contributed by atoms with van der Waals surface area (Å²) in [6, 6.07) is 9.69. The minimum atomic E-state index is -0.504. The third-order valence-electron chi connectivity index (χ3n) is 6.32. The van der Waals surface area contributed by atoms with Crippen molar-refractivity contribution >= 4 is 22.5 Å². The number of nitrogens with zero attached hydrogens (tertiary/aromatic N) is 3. The van der Waals surface area contributed by atoms with Gasteiger partial charge < -0.3 is 24.9 Å². The van der Waals surface area contributed by atoms with Crippen LogP contribution in [0.25, 0.3) is 11.0 Å². The van der Waals surface area contributed by atoms with Crippen molar-refractivity contribution in [2.45, 2.75) is 31.9 Å². The topological polar surface area (TPSA) is 133 Å². The maximum absolute atomic E-state index is 14.0. The van der Waals surface area contributed by atoms with Gasteiger partial charge >= 0.3 is 0 Å². The number of aryl methyl sites for hydroxylation is 1. The number of hydrogen-bond donors (Lipinski definition) is 3. The number of fused-ring (bicyclic) bond motifs is 1. The molecule has 0 bridgehead atoms. The number of nitriles is 1. The van der Waals surface area contributed by atoms with E-state index < -0.39 is 5.82 Å². The Labute approximate surface area is 211 Å². The number of ketones is 1. The lowest BCUT2D eigenvalue weighted by Gasteiger charge is -2.29. The van der Waals surface area contributed by atoms with Crippen molar-refractivity contribution in [1.29, 1.82) is 5.26 Å². The molecule has 3 aromatic heterocycles. The zero-order valence-electron chi connectivity index (χ0n) is 20.0. The van der Waals surface area contributed by atoms with Gasteiger partial charge in [0.1, 0.15) is 23.2 Å². The number of aromatic amines is 1. The van der Waals surface area contributed by atoms with Crippen LogP contribution in [0.5, 0.6) is 11.5 Å². The molecule has 0 spiro atoms. The van der Waals surface area contributed by atoms with E-state index in [1.54, 1.807) is 31.3 Å². The van der Waals surface area contributed by atoms with Gasteiger partial charge in [0.05, 0.1) is 47.7 Å². The number of pyridine rings is 2. The van der Waals surface area contributed by atoms with Crippen LogP contribution in [0.1, 0.15) is 40.0 Å². The van der Waals surface area contributed by atoms with Crippen LogP contribution in [-0.4, -0.2) is 51.2 Å². The maximum Gasteiger partial charge on any atom is 0.213 e. The van der Waals surface area contributed by atoms with Gasteiger partial charge in [0.25, 0.3) is 0 Å². The quantitative estimate of drug-likeness (QED) is 0.320. The number of aromatic nitrogens is 3. The van der Waals surface area contributed by atoms with E-state index in [1.165, 1.54) is 24.5 Å². The van der Waals surface area contributed by atoms with Crippen molar-refractivity contribution < 1.29 is 23.8 Å². The number of aliphatic hydroxyl groups excluding tert-OH is 1. The molecule has 0 unspecified atom stereocenters. The Morgan fingerprint density at radius 1 is 1.32 bits per heavy atom. The summed E-state index contributed by atoms with van der Waals surface area (Å²) in [5.74, 6) is -0.508. The lowest BCUT2D eigenvalue weighted by molar-refractivity contribution is -0.0223. The second-order valence-electron chi connectivity index (χ2n) is 8.84. The zero-order valence-corrected chi connectivity index (χ0v) is 20.0. The third kappa shape index (κ3) is 4.87. The van der Waals surface area contributed by atoms with Gasteiger partial charge in [-0.05, 0) is 43.5 Å². The molecular weight excluding hydrogens is 477 g/mol. The summed E-state index contributed by atoms with van der Waals surface area (Å²) in [5.41, 5.74) is 2.29. The fourth-order valence-corrected chi connectivity index (χ4v) is 4.40. The van der Waals surface area contributed by atoms with Crippen LogP contribution in [0, 0.1) is 24.1 Å². The summed E-state index contributed by atoms with van der Waals surface area (Å²) in [6.07, 6.45) is 5.58. The molecule has 1 aliphatic rings. The molecule has 10 heteroatoms. The molecule has 188 valence electrons. The Morgan fingerprint density at radius 2 is 2.16 bits per heavy atom. The number of para-hydroxylation sites is 1. The van der Waals surface area contributed by atoms with Crippen molar-refractivity contribution in [3.05, 3.63) is 77.1 Å². The van der Waals surface area contributed by atoms with E-state index in [0.29, 0.717) is 52.2 Å². The molecule has 4 aromatic rings. The summed E-state index contributed by atoms with van der Waals surface area (Å²) in [4.78, 5) is 25.3. The summed E-state index contributed by atoms with van der Waals surface area (Å²) in [7, 11) is 0. The van der Waals surface area contributed by atoms with Gasteiger partial charge in [0.15, 0.2) is 11.6 Å². The van der Waals surface area contributed by atoms with E-state index in [1.807, 2.05) is 0 Å². The molecule has 2 atom stereocenters. The smallest absolute Gasteiger partial charge is 0.213 e. The molecule has 0 radical (unpaired) electrons. The Kier molecular flexibility index (Phi) is 6.81. The van der Waals surface area contributed by atoms with Crippen molar-refractivity contribution in [1.82, 2.24) is 15.0 Å². The van der Waals surface area contributed by atoms with E-state index in [0.717, 1.165) is 6.42 Å². The molecule has 0 aliphatic carbocycles. The standard InChI is InChI=1S/C27H24FN5O4/c1-15-8-19(37-22-5-3-2-4-21(22)28)11-30-24(15)26(35)20-12-32-27-23(20)25(16(9-29)10-31-27)33-17-6-7-18(13-34)36-14-17/h2-5,8,10-12,17-18,34H,6-7,13-14H2,1H3,(H2,31,32,33)/t17-,18+/m1/s1. The molecule has 1 fully saturated rings. The van der Waals surface area contributed by atoms with Gasteiger partial charge in [-0.25, -0.2) is 14.4 Å². The number of carbonyl (C=O) groups excluding carboxylic acids is 1. The highest BCUT2D eigenvalue weighted by Crippen LogP contribution is 2.33. The number of anilines is 1. The number of H-pyrrole nitrogens is 1. The molecule has 4 heterocycles. The minimum Gasteiger partial charge on any atom is -0.453 e. The van der Waals surface area contributed by atoms with Gasteiger partial charge in [0.2, 0.25) is 5.78 Å². The predicted octanol–water partition coefficient (Wildman–Crippen LogP) is 4.25. The summed E-state index contributed by atoms with van der Waals surface area (Å²) < 4.78 is 25.2. The third-order valence-corrected chi connectivity index (χ3v) is 6.32. The maximum atomic E-state index is 14.0. The summed E-state index contributed by atoms with van der Waals surface area (Å²) in [5, 5.41) is 22.9. The van der Waals surface area contributed by atoms with Crippen LogP contribution in [0.4, 0.5) is 10.1 Å². The van der Waals surface area contributed by atoms with Crippen LogP contribution >= 0.6 is 0 Å². The van der Waals surface area contributed by atoms with Crippen molar-refractivity contribution in [3.8, 4) is 17.6 Å². The van der Waals surface area contributed by atoms with Crippen molar-refractivity contribution in [2.24, 2.45) is 0 Å². The highest BCUT2D eigenvalue weighted by Gasteiger charge is 2.26. The second kappa shape index (κ2) is 10.3. The largest absolute Gasteiger partial charge is 0.453 e. The van der Waals surface area contributed by atoms with Crippen LogP contribution in [0.15, 0.2) is 48.9 Å². The number of carbonyl (C=O) groups is 1. The first-order chi connectivity index (χ1) is 18.0. The molecule has 1 saturated heterocycles. The molecule has 5 rings (SSSR count). The molecule has 3 N–H and O–H groups in total. The molecule has 9 nitrogen and oxygen atoms in total. The first-order valence-corrected chi connectivity index (χ1v) is 11.8. The van der Waals surface area contributed by atoms with Crippen molar-refractivity contribution in [2.75, 3.05) is 18.5 Å². The van der Waals surface area contributed by atoms with Gasteiger partial charge in [-0.15, -0.1) is 0 Å². The highest BCUT2D eigenvalue weighted by molar-refractivity contribution is 6.18. The monoisotopic (exact) mass is 501 g/mol. The van der Waals surface area contributed by atoms with Crippen molar-refractivity contribution in [3.63, 3.8) is 0 Å². The first-order valence-electron chi connectivity index (χ1n) is 11.8. The molecule has 0 amide bonds. The normalized spacial score (nSPS) is 17.4. The number of ether oxygens (including phenoxy) is 2. The number of hydrogen-bond acceptors (Lipinski definition) is 8. The van der Waals surface area contributed by atoms with Crippen LogP contribution in [0.3, 0.4) is 0 Å². The summed E-state index contributed by atoms with van der Waals surface area (Å²) in [6.45, 7) is 2.04. The van der Waals surface area contributed by atoms with Gasteiger partial charge in [-0.3, -0.25) is 4.79 Å². The first kappa shape index (κ1) is 24.4. The average molecular weight is 502 g/mol. The second-order valence-corrected chi connectivity index (χ2v) is 8.84. The molecule has 1 aliphatic heterocycles. The molecule has 0 saturated carbocycles. The highest BCUT2D eigenvalue weighted by atomic mass is 19.1. The van der Waals surface area contributed by atoms with E-state index >= 15 is 0 Å². The molecular formula is C27H24FN5O4. The number of halogens is 1. The minimum absolute atomic E-state index is 0.0391. The lowest BCUT2D eigenvalue weighted by Crippen LogP contribution is -2.36. The molecule has 1 aromatic carbocycles.